The van der Waals surface area contributed by atoms with E-state index in [-0.39, 0.29) is 64.9 Å². The monoisotopic (exact) mass is 785 g/mol. The number of rotatable bonds is 9. The lowest BCUT2D eigenvalue weighted by Gasteiger charge is -2.62. The molecule has 0 aromatic heterocycles. The molecule has 1 saturated heterocycles. The predicted octanol–water partition coefficient (Wildman–Crippen LogP) is 7.87. The van der Waals surface area contributed by atoms with E-state index < -0.39 is 22.2 Å². The maximum Gasteiger partial charge on any atom is 0.312 e. The van der Waals surface area contributed by atoms with E-state index in [1.807, 2.05) is 48.5 Å². The van der Waals surface area contributed by atoms with Crippen molar-refractivity contribution in [2.45, 2.75) is 200 Å². The Hall–Kier alpha value is -2.20. The molecule has 9 aliphatic carbocycles. The molecule has 56 heavy (non-hydrogen) atoms. The van der Waals surface area contributed by atoms with Gasteiger partial charge in [-0.3, -0.25) is 19.2 Å². The van der Waals surface area contributed by atoms with E-state index in [0.29, 0.717) is 37.0 Å². The molecule has 10 rings (SSSR count). The Balaban J connectivity index is 0.000000129. The lowest BCUT2D eigenvalue weighted by atomic mass is 9.50. The SMILES string of the molecule is CCC(C)(C)C(=O)OC1(C)CC2CC1C1CCCC21.CCC(C)(C)C(=O)OC12CC3CC(O)(CC(O)(C3)C1)C2.CCC(C)C(=O)OC1C2CC3C(=O)OC1C3C2. The van der Waals surface area contributed by atoms with Crippen LogP contribution in [0.1, 0.15) is 165 Å². The van der Waals surface area contributed by atoms with Crippen LogP contribution in [0.3, 0.4) is 0 Å². The number of hydrogen-bond acceptors (Lipinski definition) is 10. The van der Waals surface area contributed by atoms with Gasteiger partial charge in [-0.2, -0.15) is 0 Å². The summed E-state index contributed by atoms with van der Waals surface area (Å²) in [5.41, 5.74) is -3.34. The summed E-state index contributed by atoms with van der Waals surface area (Å²) >= 11 is 0. The van der Waals surface area contributed by atoms with Gasteiger partial charge in [0.15, 0.2) is 0 Å². The highest BCUT2D eigenvalue weighted by molar-refractivity contribution is 5.78. The minimum absolute atomic E-state index is 0.0135. The third-order valence-electron chi connectivity index (χ3n) is 16.9. The third-order valence-corrected chi connectivity index (χ3v) is 16.9. The molecular weight excluding hydrogens is 712 g/mol. The molecule has 13 atom stereocenters. The lowest BCUT2D eigenvalue weighted by Crippen LogP contribution is -2.67. The molecule has 9 saturated carbocycles. The zero-order valence-electron chi connectivity index (χ0n) is 35.8. The third kappa shape index (κ3) is 7.47. The molecule has 8 bridgehead atoms. The summed E-state index contributed by atoms with van der Waals surface area (Å²) < 4.78 is 22.8. The van der Waals surface area contributed by atoms with Gasteiger partial charge < -0.3 is 29.2 Å². The summed E-state index contributed by atoms with van der Waals surface area (Å²) in [4.78, 5) is 48.2. The molecule has 316 valence electrons. The van der Waals surface area contributed by atoms with Crippen LogP contribution in [0.5, 0.6) is 0 Å². The van der Waals surface area contributed by atoms with Crippen molar-refractivity contribution in [3.05, 3.63) is 0 Å². The van der Waals surface area contributed by atoms with Crippen molar-refractivity contribution < 1.29 is 48.3 Å². The second-order valence-electron chi connectivity index (χ2n) is 21.9. The van der Waals surface area contributed by atoms with Gasteiger partial charge in [0.1, 0.15) is 23.4 Å². The normalized spacial score (nSPS) is 44.9. The van der Waals surface area contributed by atoms with Crippen molar-refractivity contribution >= 4 is 23.9 Å². The van der Waals surface area contributed by atoms with Gasteiger partial charge in [0, 0.05) is 37.0 Å². The minimum Gasteiger partial charge on any atom is -0.459 e. The maximum atomic E-state index is 12.4. The summed E-state index contributed by atoms with van der Waals surface area (Å²) in [7, 11) is 0. The Morgan fingerprint density at radius 2 is 1.41 bits per heavy atom. The first kappa shape index (κ1) is 41.9. The molecule has 2 N–H and O–H groups in total. The molecule has 0 aromatic carbocycles. The number of carbonyl (C=O) groups excluding carboxylic acids is 4. The molecule has 10 nitrogen and oxygen atoms in total. The van der Waals surface area contributed by atoms with Crippen LogP contribution in [0.4, 0.5) is 0 Å². The highest BCUT2D eigenvalue weighted by Crippen LogP contribution is 2.64. The second-order valence-corrected chi connectivity index (χ2v) is 21.9. The van der Waals surface area contributed by atoms with Crippen LogP contribution < -0.4 is 0 Å². The van der Waals surface area contributed by atoms with E-state index >= 15 is 0 Å². The molecule has 10 heteroatoms. The lowest BCUT2D eigenvalue weighted by molar-refractivity contribution is -0.264. The first-order valence-corrected chi connectivity index (χ1v) is 22.4. The van der Waals surface area contributed by atoms with Crippen molar-refractivity contribution in [3.63, 3.8) is 0 Å². The van der Waals surface area contributed by atoms with Gasteiger partial charge in [-0.05, 0) is 135 Å². The highest BCUT2D eigenvalue weighted by Gasteiger charge is 2.66. The largest absolute Gasteiger partial charge is 0.459 e. The highest BCUT2D eigenvalue weighted by atomic mass is 16.6. The summed E-state index contributed by atoms with van der Waals surface area (Å²) in [6, 6.07) is 0. The molecule has 0 spiro atoms. The molecule has 1 heterocycles. The number of ether oxygens (including phenoxy) is 4. The van der Waals surface area contributed by atoms with E-state index in [1.165, 1.54) is 25.7 Å². The average Bonchev–Trinajstić information content (AvgIpc) is 3.94. The first-order valence-electron chi connectivity index (χ1n) is 22.4. The average molecular weight is 785 g/mol. The number of fused-ring (bicyclic) bond motifs is 6. The van der Waals surface area contributed by atoms with Gasteiger partial charge in [0.2, 0.25) is 0 Å². The van der Waals surface area contributed by atoms with E-state index in [2.05, 4.69) is 13.8 Å². The Labute approximate surface area is 335 Å². The van der Waals surface area contributed by atoms with Gasteiger partial charge in [0.25, 0.3) is 0 Å². The van der Waals surface area contributed by atoms with Gasteiger partial charge in [-0.15, -0.1) is 0 Å². The van der Waals surface area contributed by atoms with Crippen molar-refractivity contribution in [1.82, 2.24) is 0 Å². The molecule has 0 radical (unpaired) electrons. The molecule has 0 amide bonds. The summed E-state index contributed by atoms with van der Waals surface area (Å²) in [6.45, 7) is 17.9. The summed E-state index contributed by atoms with van der Waals surface area (Å²) in [6.07, 6.45) is 14.2. The number of esters is 4. The quantitative estimate of drug-likeness (QED) is 0.175. The fourth-order valence-electron chi connectivity index (χ4n) is 13.3. The van der Waals surface area contributed by atoms with Crippen molar-refractivity contribution in [3.8, 4) is 0 Å². The number of hydrogen-bond donors (Lipinski definition) is 2. The Kier molecular flexibility index (Phi) is 10.9. The predicted molar refractivity (Wildman–Crippen MR) is 209 cm³/mol. The van der Waals surface area contributed by atoms with E-state index in [0.717, 1.165) is 75.5 Å². The van der Waals surface area contributed by atoms with Crippen molar-refractivity contribution in [2.75, 3.05) is 0 Å². The van der Waals surface area contributed by atoms with Crippen molar-refractivity contribution in [2.24, 2.45) is 64.1 Å². The van der Waals surface area contributed by atoms with E-state index in [9.17, 15) is 29.4 Å². The standard InChI is InChI=1S/C17H28O2.C16H26O4.C13H18O4/c1-5-16(2,3)15(18)19-17(4)10-11-9-14(17)13-8-6-7-12(11)13;1-4-13(2,3)12(17)20-16-7-11-5-14(18,9-16)8-15(19,6-11)10-16;1-3-6(2)12(14)16-10-7-4-8-9(5-7)13(15)17-11(8)10/h11-14H,5-10H2,1-4H3;11,18-19H,4-10H2,1-3H3;6-11H,3-5H2,1-2H3. The van der Waals surface area contributed by atoms with Crippen LogP contribution in [0.2, 0.25) is 0 Å². The van der Waals surface area contributed by atoms with Gasteiger partial charge in [-0.25, -0.2) is 0 Å². The van der Waals surface area contributed by atoms with Gasteiger partial charge in [-0.1, -0.05) is 34.1 Å². The van der Waals surface area contributed by atoms with Gasteiger partial charge >= 0.3 is 23.9 Å². The van der Waals surface area contributed by atoms with Crippen LogP contribution in [0, 0.1) is 64.1 Å². The van der Waals surface area contributed by atoms with E-state index in [1.54, 1.807) is 0 Å². The molecule has 13 unspecified atom stereocenters. The summed E-state index contributed by atoms with van der Waals surface area (Å²) in [5, 5.41) is 21.3. The number of carbonyl (C=O) groups is 4. The van der Waals surface area contributed by atoms with Crippen LogP contribution in [0.15, 0.2) is 0 Å². The van der Waals surface area contributed by atoms with Crippen LogP contribution in [-0.4, -0.2) is 68.7 Å². The molecule has 10 fully saturated rings. The molecular formula is C46H72O10. The minimum atomic E-state index is -0.842. The second kappa shape index (κ2) is 14.5. The molecule has 0 aromatic rings. The fraction of sp³-hybridized carbons (Fsp3) is 0.913. The van der Waals surface area contributed by atoms with Crippen LogP contribution in [-0.2, 0) is 38.1 Å². The Morgan fingerprint density at radius 1 is 0.804 bits per heavy atom. The molecule has 10 aliphatic rings. The van der Waals surface area contributed by atoms with E-state index in [4.69, 9.17) is 18.9 Å². The Bertz CT molecular complexity index is 1530. The fourth-order valence-corrected chi connectivity index (χ4v) is 13.3. The van der Waals surface area contributed by atoms with Gasteiger partial charge in [0.05, 0.1) is 33.9 Å². The topological polar surface area (TPSA) is 146 Å². The zero-order chi connectivity index (χ0) is 40.8. The van der Waals surface area contributed by atoms with Crippen LogP contribution in [0.25, 0.3) is 0 Å². The maximum absolute atomic E-state index is 12.4. The number of aliphatic hydroxyl groups is 2. The van der Waals surface area contributed by atoms with Crippen LogP contribution >= 0.6 is 0 Å². The van der Waals surface area contributed by atoms with Crippen molar-refractivity contribution in [1.29, 1.82) is 0 Å². The summed E-state index contributed by atoms with van der Waals surface area (Å²) in [5.74, 6) is 3.81. The Morgan fingerprint density at radius 3 is 2.00 bits per heavy atom. The molecule has 1 aliphatic heterocycles. The smallest absolute Gasteiger partial charge is 0.312 e. The first-order chi connectivity index (χ1) is 26.1. The zero-order valence-corrected chi connectivity index (χ0v) is 35.8.